The predicted molar refractivity (Wildman–Crippen MR) is 442 cm³/mol. The molecule has 22 nitrogen and oxygen atoms in total. The number of aliphatic hydroxyl groups is 4. The molecule has 12 saturated carbocycles. The van der Waals surface area contributed by atoms with Crippen molar-refractivity contribution in [2.24, 2.45) is 136 Å². The van der Waals surface area contributed by atoms with E-state index in [1.165, 1.54) is 21.3 Å². The molecule has 12 rings (SSSR count). The average molecular weight is 1670 g/mol. The van der Waals surface area contributed by atoms with Crippen molar-refractivity contribution in [2.75, 3.05) is 55.9 Å². The monoisotopic (exact) mass is 1670 g/mol. The second-order valence-corrected chi connectivity index (χ2v) is 39.1. The van der Waals surface area contributed by atoms with Crippen molar-refractivity contribution in [1.82, 2.24) is 0 Å². The Bertz CT molecular complexity index is 3420. The van der Waals surface area contributed by atoms with Gasteiger partial charge in [0, 0.05) is 147 Å². The van der Waals surface area contributed by atoms with Gasteiger partial charge in [0.05, 0.1) is 30.5 Å². The van der Waals surface area contributed by atoms with Crippen molar-refractivity contribution in [3.8, 4) is 0 Å². The van der Waals surface area contributed by atoms with Crippen LogP contribution in [-0.2, 0) is 71.4 Å². The van der Waals surface area contributed by atoms with E-state index < -0.39 is 94.7 Å². The largest absolute Gasteiger partial charge is 1.00 e. The van der Waals surface area contributed by atoms with E-state index in [0.29, 0.717) is 49.9 Å². The molecule has 0 radical (unpaired) electrons. The van der Waals surface area contributed by atoms with Gasteiger partial charge in [-0.15, -0.1) is 26.3 Å². The van der Waals surface area contributed by atoms with E-state index in [9.17, 15) is 54.0 Å². The third-order valence-electron chi connectivity index (χ3n) is 34.8. The Morgan fingerprint density at radius 2 is 0.879 bits per heavy atom. The van der Waals surface area contributed by atoms with Gasteiger partial charge in [0.25, 0.3) is 6.48 Å². The summed E-state index contributed by atoms with van der Waals surface area (Å²) in [4.78, 5) is 89.6. The Balaban J connectivity index is 0.000000313. The number of carbonyl (C=O) groups is 7. The summed E-state index contributed by atoms with van der Waals surface area (Å²) in [6, 6.07) is 0. The molecular formula is C92H152ClNaO22. The molecule has 0 aromatic rings. The Morgan fingerprint density at radius 1 is 0.491 bits per heavy atom. The van der Waals surface area contributed by atoms with E-state index in [1.54, 1.807) is 45.6 Å². The zero-order chi connectivity index (χ0) is 84.0. The number of ketones is 4. The van der Waals surface area contributed by atoms with Crippen LogP contribution in [0.3, 0.4) is 0 Å². The maximum Gasteiger partial charge on any atom is 1.00 e. The number of esters is 2. The van der Waals surface area contributed by atoms with E-state index in [-0.39, 0.29) is 181 Å². The van der Waals surface area contributed by atoms with Gasteiger partial charge < -0.3 is 74.0 Å². The molecule has 660 valence electrons. The smallest absolute Gasteiger partial charge is 0.870 e. The zero-order valence-corrected chi connectivity index (χ0v) is 76.8. The fourth-order valence-electron chi connectivity index (χ4n) is 27.1. The molecule has 116 heavy (non-hydrogen) atoms. The Morgan fingerprint density at radius 3 is 1.32 bits per heavy atom. The number of hydrogen-bond acceptors (Lipinski definition) is 21. The molecule has 12 aliphatic carbocycles. The second-order valence-electron chi connectivity index (χ2n) is 38.8. The number of ether oxygens (including phenoxy) is 9. The van der Waals surface area contributed by atoms with Crippen LogP contribution < -0.4 is 29.6 Å². The minimum absolute atomic E-state index is 0. The van der Waals surface area contributed by atoms with Gasteiger partial charge in [-0.3, -0.25) is 19.2 Å². The van der Waals surface area contributed by atoms with E-state index in [0.717, 1.165) is 96.3 Å². The van der Waals surface area contributed by atoms with Crippen molar-refractivity contribution < 1.29 is 137 Å². The van der Waals surface area contributed by atoms with Crippen LogP contribution in [0.15, 0.2) is 50.6 Å². The molecule has 0 saturated heterocycles. The number of rotatable bonds is 15. The number of allylic oxidation sites excluding steroid dienone is 3. The van der Waals surface area contributed by atoms with Crippen molar-refractivity contribution in [3.05, 3.63) is 50.6 Å². The number of hydrogen-bond donors (Lipinski definition) is 4. The summed E-state index contributed by atoms with van der Waals surface area (Å²) >= 11 is 5.70. The molecule has 0 spiro atoms. The number of carbonyl (C=O) groups excluding carboxylic acids is 7. The SMILES string of the molecule is C.C=C[C@]1(C)C[C@@H](O)[C@]2(C)[C@H](C)CC[C@]3(CC[C@@H](OC)[C@@H]32)[C@@H](C)C1=O.C=C[C@]1(C)C[C@@H](OC(=O)CO)C2[C@H](C)CC[C@]3(CC[C@@H](OC)[C@H]23)[C@@H](C)C1=O.C=C[C@]1(C)C[C@@H](OC(=O)CO)[C@]2(C)[C@H](C)CC[C@]3(CCC(=O)[C@H]32)[C@@H](C)[C@@H]1O.C=C[C@]1(C)C[C@@H](OC(=O)Cl)[C@]2(C)[C@H](C)CC[C@]3(CC[C@@H](OC)[C@@H]32)[C@@H](C)C1=O.COC(OC)OC.O.[Na+].[OH-]. The third-order valence-corrected chi connectivity index (χ3v) is 34.8. The van der Waals surface area contributed by atoms with Gasteiger partial charge >= 0.3 is 46.9 Å². The molecule has 0 aliphatic heterocycles. The van der Waals surface area contributed by atoms with Crippen LogP contribution in [0.25, 0.3) is 0 Å². The van der Waals surface area contributed by atoms with Gasteiger partial charge in [-0.05, 0) is 193 Å². The number of halogens is 1. The van der Waals surface area contributed by atoms with E-state index in [4.69, 9.17) is 40.0 Å². The summed E-state index contributed by atoms with van der Waals surface area (Å²) < 4.78 is 48.8. The first-order valence-corrected chi connectivity index (χ1v) is 42.5. The van der Waals surface area contributed by atoms with Crippen molar-refractivity contribution in [3.63, 3.8) is 0 Å². The first kappa shape index (κ1) is 105. The Kier molecular flexibility index (Phi) is 36.5. The van der Waals surface area contributed by atoms with E-state index in [2.05, 4.69) is 117 Å². The summed E-state index contributed by atoms with van der Waals surface area (Å²) in [5.74, 6) is 1.20. The first-order chi connectivity index (χ1) is 52.4. The van der Waals surface area contributed by atoms with Gasteiger partial charge in [0.1, 0.15) is 54.7 Å². The summed E-state index contributed by atoms with van der Waals surface area (Å²) in [6.07, 6.45) is 21.7. The maximum absolute atomic E-state index is 13.6. The maximum atomic E-state index is 13.6. The van der Waals surface area contributed by atoms with Crippen molar-refractivity contribution >= 4 is 52.1 Å². The summed E-state index contributed by atoms with van der Waals surface area (Å²) in [5.41, 5.74) is -5.13. The summed E-state index contributed by atoms with van der Waals surface area (Å²) in [7, 11) is 9.83. The second kappa shape index (κ2) is 40.2. The molecule has 12 fully saturated rings. The van der Waals surface area contributed by atoms with Gasteiger partial charge in [-0.2, -0.15) is 0 Å². The van der Waals surface area contributed by atoms with Crippen LogP contribution in [0.1, 0.15) is 240 Å². The van der Waals surface area contributed by atoms with Crippen LogP contribution in [0, 0.1) is 136 Å². The average Bonchev–Trinajstić information content (AvgIpc) is 1.43. The summed E-state index contributed by atoms with van der Waals surface area (Å²) in [6.45, 7) is 45.6. The van der Waals surface area contributed by atoms with Gasteiger partial charge in [0.15, 0.2) is 0 Å². The summed E-state index contributed by atoms with van der Waals surface area (Å²) in [5, 5.41) is 41.2. The molecule has 12 aliphatic rings. The van der Waals surface area contributed by atoms with Gasteiger partial charge in [-0.25, -0.2) is 14.4 Å². The topological polar surface area (TPSA) is 345 Å². The van der Waals surface area contributed by atoms with E-state index >= 15 is 0 Å². The Labute approximate surface area is 722 Å². The van der Waals surface area contributed by atoms with Gasteiger partial charge in [0.2, 0.25) is 0 Å². The molecule has 1 unspecified atom stereocenters. The minimum atomic E-state index is -0.802. The number of aliphatic hydroxyl groups excluding tert-OH is 4. The fraction of sp³-hybridized carbons (Fsp3) is 0.837. The van der Waals surface area contributed by atoms with Crippen LogP contribution in [0.5, 0.6) is 0 Å². The van der Waals surface area contributed by atoms with Crippen LogP contribution in [0.4, 0.5) is 4.79 Å². The molecule has 0 aromatic carbocycles. The van der Waals surface area contributed by atoms with Crippen molar-refractivity contribution in [2.45, 2.75) is 295 Å². The molecule has 0 heterocycles. The molecular weight excluding hydrogens is 1520 g/mol. The standard InChI is InChI=1S/C22H33ClO4.2C22H34O5.C21H34O3.C4H10O3.CH4.Na.2H2O/c1-7-20(4)12-16(27-19(23)25)21(5)13(2)8-10-22(14(3)18(20)24)11-9-15(26-6)17(21)22;1-6-20(4)11-16(27-17(25)12-23)21(5)13(2)7-9-22(14(3)19(20)26)10-8-15(24)18(21)22;1-6-21(4)11-16(27-17(24)12-23)18-13(2)7-9-22(14(3)20(21)25)10-8-15(26-5)19(18)22;1-7-19(4)12-16(22)20(5)13(2)8-10-21(14(3)18(19)23)11-9-15(24-6)17(20)21;1-5-4(6-2)7-3;;;;/h7,13-17H,1,8-12H2,2-6H3;6,13-14,16,18-19,23,26H,1,7-12H2,2-5H3;6,13-16,18-19,23H,1,7-12H2,2-5H3;7,13-17,22H,1,8-12H2,2-6H3;4H,1-3H3;1H4;;2*1H2/q;;;;;;+1;;/p-1/t13-,14+,15-,16-,17-,20-,21+,22+;13-,14+,16-,18+,19+,20-,21+,22+;13-,14+,15-,16-,18?,19-,21-,22+;13-,14+,15-,16-,17-,19-,20+,21+;;;;;/m1111...../s1. The number of Topliss-reactive ketones (excluding diaryl/α,β-unsaturated/α-hetero) is 4. The zero-order valence-electron chi connectivity index (χ0n) is 74.0. The molecule has 32 atom stereocenters. The number of methoxy groups -OCH3 is 6. The van der Waals surface area contributed by atoms with Gasteiger partial charge in [-0.1, -0.05) is 115 Å². The van der Waals surface area contributed by atoms with Crippen molar-refractivity contribution in [1.29, 1.82) is 0 Å². The minimum Gasteiger partial charge on any atom is -0.870 e. The molecule has 8 bridgehead atoms. The molecule has 7 N–H and O–H groups in total. The normalized spacial score (nSPS) is 46.0. The first-order valence-electron chi connectivity index (χ1n) is 42.1. The van der Waals surface area contributed by atoms with Crippen LogP contribution in [0.2, 0.25) is 0 Å². The third kappa shape index (κ3) is 17.7. The fourth-order valence-corrected chi connectivity index (χ4v) is 27.3. The molecule has 0 amide bonds. The Hall–Kier alpha value is -3.14. The predicted octanol–water partition coefficient (Wildman–Crippen LogP) is 12.3. The van der Waals surface area contributed by atoms with Crippen LogP contribution in [-0.4, -0.2) is 183 Å². The van der Waals surface area contributed by atoms with Crippen LogP contribution >= 0.6 is 11.6 Å². The molecule has 0 aromatic heterocycles. The molecule has 24 heteroatoms. The van der Waals surface area contributed by atoms with E-state index in [1.807, 2.05) is 27.7 Å². The quantitative estimate of drug-likeness (QED) is 0.0295.